The third kappa shape index (κ3) is 6.22. The quantitative estimate of drug-likeness (QED) is 0.326. The molecule has 0 spiro atoms. The molecule has 2 atom stereocenters. The Hall–Kier alpha value is -3.32. The minimum absolute atomic E-state index is 0.117. The number of fused-ring (bicyclic) bond motifs is 1. The number of carbonyl (C=O) groups is 1. The number of benzene rings is 2. The topological polar surface area (TPSA) is 98.5 Å². The van der Waals surface area contributed by atoms with E-state index in [4.69, 9.17) is 15.2 Å². The Bertz CT molecular complexity index is 1150. The number of nitrogens with two attached hydrogens (primary N) is 1. The summed E-state index contributed by atoms with van der Waals surface area (Å²) in [5.74, 6) is 1.41. The highest BCUT2D eigenvalue weighted by atomic mass is 16.5. The minimum atomic E-state index is -0.504. The van der Waals surface area contributed by atoms with Gasteiger partial charge in [-0.3, -0.25) is 9.78 Å². The van der Waals surface area contributed by atoms with Gasteiger partial charge in [0.25, 0.3) is 0 Å². The van der Waals surface area contributed by atoms with Gasteiger partial charge in [0.2, 0.25) is 5.91 Å². The van der Waals surface area contributed by atoms with E-state index in [1.54, 1.807) is 6.20 Å². The first-order valence-electron chi connectivity index (χ1n) is 12.5. The number of rotatable bonds is 12. The van der Waals surface area contributed by atoms with Crippen molar-refractivity contribution in [1.29, 1.82) is 0 Å². The van der Waals surface area contributed by atoms with Gasteiger partial charge in [-0.2, -0.15) is 0 Å². The van der Waals surface area contributed by atoms with Crippen molar-refractivity contribution in [3.8, 4) is 11.5 Å². The Balaban J connectivity index is 1.90. The molecule has 0 radical (unpaired) electrons. The lowest BCUT2D eigenvalue weighted by atomic mass is 9.98. The number of aromatic nitrogens is 1. The second kappa shape index (κ2) is 12.4. The molecule has 0 unspecified atom stereocenters. The normalized spacial score (nSPS) is 12.7. The standard InChI is InChI=1S/C28H38N4O3/c1-6-18(5)27(29)28(33)31-17-19-11-10-12-22(20(19)7-2)32-23-13-14-30-24-16-26(35-9-4)25(34-8-3)15-21(23)24/h10-16,18,27H,6-9,17,29H2,1-5H3,(H,30,32)(H,31,33)/t18-,27-/m0/s1. The lowest BCUT2D eigenvalue weighted by molar-refractivity contribution is -0.123. The summed E-state index contributed by atoms with van der Waals surface area (Å²) in [5.41, 5.74) is 11.0. The van der Waals surface area contributed by atoms with E-state index in [0.29, 0.717) is 31.3 Å². The maximum atomic E-state index is 12.5. The van der Waals surface area contributed by atoms with E-state index in [1.165, 1.54) is 0 Å². The molecule has 2 aromatic carbocycles. The SMILES string of the molecule is CCOc1cc2nccc(Nc3cccc(CNC(=O)[C@@H](N)[C@@H](C)CC)c3CC)c2cc1OCC. The van der Waals surface area contributed by atoms with Gasteiger partial charge in [0, 0.05) is 35.6 Å². The first-order chi connectivity index (χ1) is 16.9. The number of ether oxygens (including phenoxy) is 2. The van der Waals surface area contributed by atoms with Crippen LogP contribution in [0.3, 0.4) is 0 Å². The van der Waals surface area contributed by atoms with Crippen LogP contribution < -0.4 is 25.8 Å². The van der Waals surface area contributed by atoms with Crippen LogP contribution >= 0.6 is 0 Å². The van der Waals surface area contributed by atoms with Crippen LogP contribution in [0.4, 0.5) is 11.4 Å². The highest BCUT2D eigenvalue weighted by Crippen LogP contribution is 2.36. The molecule has 0 saturated heterocycles. The molecule has 0 aliphatic heterocycles. The number of nitrogens with one attached hydrogen (secondary N) is 2. The van der Waals surface area contributed by atoms with E-state index in [1.807, 2.05) is 58.0 Å². The van der Waals surface area contributed by atoms with E-state index >= 15 is 0 Å². The number of carbonyl (C=O) groups excluding carboxylic acids is 1. The first-order valence-corrected chi connectivity index (χ1v) is 12.5. The molecule has 3 rings (SSSR count). The maximum Gasteiger partial charge on any atom is 0.237 e. The van der Waals surface area contributed by atoms with Crippen LogP contribution in [-0.2, 0) is 17.8 Å². The number of amides is 1. The highest BCUT2D eigenvalue weighted by Gasteiger charge is 2.19. The molecule has 1 amide bonds. The largest absolute Gasteiger partial charge is 0.490 e. The van der Waals surface area contributed by atoms with Gasteiger partial charge in [0.1, 0.15) is 0 Å². The molecule has 0 aliphatic carbocycles. The van der Waals surface area contributed by atoms with Crippen LogP contribution in [-0.4, -0.2) is 30.1 Å². The zero-order valence-corrected chi connectivity index (χ0v) is 21.5. The molecular weight excluding hydrogens is 440 g/mol. The fourth-order valence-corrected chi connectivity index (χ4v) is 4.09. The summed E-state index contributed by atoms with van der Waals surface area (Å²) in [5, 5.41) is 7.55. The third-order valence-corrected chi connectivity index (χ3v) is 6.32. The molecule has 0 bridgehead atoms. The van der Waals surface area contributed by atoms with Crippen LogP contribution in [0.15, 0.2) is 42.6 Å². The van der Waals surface area contributed by atoms with Crippen molar-refractivity contribution in [3.63, 3.8) is 0 Å². The molecule has 7 heteroatoms. The van der Waals surface area contributed by atoms with Gasteiger partial charge < -0.3 is 25.8 Å². The van der Waals surface area contributed by atoms with Crippen molar-refractivity contribution >= 4 is 28.2 Å². The van der Waals surface area contributed by atoms with Crippen LogP contribution in [0.25, 0.3) is 10.9 Å². The van der Waals surface area contributed by atoms with Gasteiger partial charge in [-0.25, -0.2) is 0 Å². The summed E-state index contributed by atoms with van der Waals surface area (Å²) in [6, 6.07) is 11.4. The molecule has 4 N–H and O–H groups in total. The Kier molecular flexibility index (Phi) is 9.32. The van der Waals surface area contributed by atoms with Crippen LogP contribution in [0.5, 0.6) is 11.5 Å². The van der Waals surface area contributed by atoms with Gasteiger partial charge >= 0.3 is 0 Å². The van der Waals surface area contributed by atoms with Crippen molar-refractivity contribution in [2.45, 2.75) is 60.0 Å². The molecule has 0 fully saturated rings. The van der Waals surface area contributed by atoms with Crippen molar-refractivity contribution in [2.24, 2.45) is 11.7 Å². The average molecular weight is 479 g/mol. The Labute approximate surface area is 208 Å². The number of hydrogen-bond donors (Lipinski definition) is 3. The smallest absolute Gasteiger partial charge is 0.237 e. The van der Waals surface area contributed by atoms with Gasteiger partial charge in [-0.05, 0) is 55.5 Å². The van der Waals surface area contributed by atoms with Crippen molar-refractivity contribution in [2.75, 3.05) is 18.5 Å². The summed E-state index contributed by atoms with van der Waals surface area (Å²) in [6.45, 7) is 11.6. The number of nitrogens with zero attached hydrogens (tertiary/aromatic N) is 1. The lowest BCUT2D eigenvalue weighted by Gasteiger charge is -2.20. The van der Waals surface area contributed by atoms with E-state index in [-0.39, 0.29) is 11.8 Å². The molecule has 188 valence electrons. The van der Waals surface area contributed by atoms with Crippen molar-refractivity contribution < 1.29 is 14.3 Å². The van der Waals surface area contributed by atoms with Crippen molar-refractivity contribution in [3.05, 3.63) is 53.7 Å². The third-order valence-electron chi connectivity index (χ3n) is 6.32. The maximum absolute atomic E-state index is 12.5. The van der Waals surface area contributed by atoms with Crippen LogP contribution in [0.2, 0.25) is 0 Å². The molecule has 1 heterocycles. The summed E-state index contributed by atoms with van der Waals surface area (Å²) >= 11 is 0. The summed E-state index contributed by atoms with van der Waals surface area (Å²) < 4.78 is 11.6. The van der Waals surface area contributed by atoms with Gasteiger partial charge in [0.05, 0.1) is 24.8 Å². The van der Waals surface area contributed by atoms with Gasteiger partial charge in [-0.1, -0.05) is 39.3 Å². The minimum Gasteiger partial charge on any atom is -0.490 e. The van der Waals surface area contributed by atoms with Crippen molar-refractivity contribution in [1.82, 2.24) is 10.3 Å². The molecule has 0 aliphatic rings. The predicted molar refractivity (Wildman–Crippen MR) is 142 cm³/mol. The molecule has 0 saturated carbocycles. The molecular formula is C28H38N4O3. The Morgan fingerprint density at radius 3 is 2.40 bits per heavy atom. The zero-order valence-electron chi connectivity index (χ0n) is 21.5. The summed E-state index contributed by atoms with van der Waals surface area (Å²) in [4.78, 5) is 17.1. The van der Waals surface area contributed by atoms with E-state index in [2.05, 4.69) is 28.6 Å². The zero-order chi connectivity index (χ0) is 25.4. The van der Waals surface area contributed by atoms with Gasteiger partial charge in [-0.15, -0.1) is 0 Å². The average Bonchev–Trinajstić information content (AvgIpc) is 2.87. The molecule has 1 aromatic heterocycles. The number of pyridine rings is 1. The second-order valence-corrected chi connectivity index (χ2v) is 8.59. The summed E-state index contributed by atoms with van der Waals surface area (Å²) in [7, 11) is 0. The van der Waals surface area contributed by atoms with Gasteiger partial charge in [0.15, 0.2) is 11.5 Å². The number of hydrogen-bond acceptors (Lipinski definition) is 6. The molecule has 35 heavy (non-hydrogen) atoms. The fourth-order valence-electron chi connectivity index (χ4n) is 4.09. The fraction of sp³-hybridized carbons (Fsp3) is 0.429. The lowest BCUT2D eigenvalue weighted by Crippen LogP contribution is -2.44. The summed E-state index contributed by atoms with van der Waals surface area (Å²) in [6.07, 6.45) is 3.46. The first kappa shape index (κ1) is 26.3. The van der Waals surface area contributed by atoms with E-state index < -0.39 is 6.04 Å². The molecule has 7 nitrogen and oxygen atoms in total. The van der Waals surface area contributed by atoms with Crippen LogP contribution in [0, 0.1) is 5.92 Å². The Morgan fingerprint density at radius 1 is 1.03 bits per heavy atom. The second-order valence-electron chi connectivity index (χ2n) is 8.59. The van der Waals surface area contributed by atoms with E-state index in [0.717, 1.165) is 46.2 Å². The monoisotopic (exact) mass is 478 g/mol. The molecule has 3 aromatic rings. The highest BCUT2D eigenvalue weighted by molar-refractivity contribution is 5.95. The Morgan fingerprint density at radius 2 is 1.74 bits per heavy atom. The number of anilines is 2. The van der Waals surface area contributed by atoms with E-state index in [9.17, 15) is 4.79 Å². The van der Waals surface area contributed by atoms with Crippen LogP contribution in [0.1, 0.15) is 52.2 Å². The predicted octanol–water partition coefficient (Wildman–Crippen LogP) is 5.33.